The molecule has 1 saturated heterocycles. The highest BCUT2D eigenvalue weighted by Gasteiger charge is 2.46. The minimum absolute atomic E-state index is 0.0309. The van der Waals surface area contributed by atoms with E-state index in [2.05, 4.69) is 0 Å². The van der Waals surface area contributed by atoms with E-state index in [0.717, 1.165) is 18.4 Å². The van der Waals surface area contributed by atoms with Crippen LogP contribution < -0.4 is 9.47 Å². The first-order valence-corrected chi connectivity index (χ1v) is 8.25. The number of hydrogen-bond donors (Lipinski definition) is 1. The Balaban J connectivity index is 1.68. The van der Waals surface area contributed by atoms with Crippen LogP contribution in [0.4, 0.5) is 0 Å². The lowest BCUT2D eigenvalue weighted by Crippen LogP contribution is -2.31. The van der Waals surface area contributed by atoms with Crippen LogP contribution in [0.2, 0.25) is 0 Å². The molecule has 24 heavy (non-hydrogen) atoms. The number of nitrogens with zero attached hydrogens (tertiary/aromatic N) is 1. The molecule has 1 amide bonds. The Kier molecular flexibility index (Phi) is 4.64. The molecule has 0 radical (unpaired) electrons. The molecule has 0 bridgehead atoms. The zero-order valence-corrected chi connectivity index (χ0v) is 14.0. The van der Waals surface area contributed by atoms with Crippen molar-refractivity contribution in [2.45, 2.75) is 19.3 Å². The van der Waals surface area contributed by atoms with Crippen molar-refractivity contribution in [1.82, 2.24) is 4.90 Å². The average Bonchev–Trinajstić information content (AvgIpc) is 3.32. The van der Waals surface area contributed by atoms with E-state index in [1.165, 1.54) is 0 Å². The summed E-state index contributed by atoms with van der Waals surface area (Å²) >= 11 is 0. The lowest BCUT2D eigenvalue weighted by Gasteiger charge is -2.17. The number of aliphatic carboxylic acids is 1. The first-order valence-electron chi connectivity index (χ1n) is 8.25. The number of amides is 1. The summed E-state index contributed by atoms with van der Waals surface area (Å²) in [6, 6.07) is 5.40. The second-order valence-corrected chi connectivity index (χ2v) is 6.61. The minimum Gasteiger partial charge on any atom is -0.493 e. The van der Waals surface area contributed by atoms with Crippen LogP contribution >= 0.6 is 0 Å². The Bertz CT molecular complexity index is 640. The molecule has 1 aromatic carbocycles. The molecule has 6 heteroatoms. The molecule has 130 valence electrons. The molecule has 0 aromatic heterocycles. The molecule has 1 aliphatic heterocycles. The molecule has 2 atom stereocenters. The van der Waals surface area contributed by atoms with E-state index in [1.807, 2.05) is 6.07 Å². The maximum absolute atomic E-state index is 12.6. The number of likely N-dealkylation sites (tertiary alicyclic amines) is 1. The number of carbonyl (C=O) groups excluding carboxylic acids is 1. The molecule has 1 heterocycles. The van der Waals surface area contributed by atoms with Gasteiger partial charge < -0.3 is 19.5 Å². The van der Waals surface area contributed by atoms with Crippen molar-refractivity contribution < 1.29 is 24.2 Å². The molecule has 1 N–H and O–H groups in total. The van der Waals surface area contributed by atoms with E-state index in [1.54, 1.807) is 31.3 Å². The second-order valence-electron chi connectivity index (χ2n) is 6.61. The van der Waals surface area contributed by atoms with Crippen LogP contribution in [0.25, 0.3) is 0 Å². The number of hydrogen-bond acceptors (Lipinski definition) is 4. The van der Waals surface area contributed by atoms with E-state index >= 15 is 0 Å². The van der Waals surface area contributed by atoms with Crippen LogP contribution in [0.15, 0.2) is 18.2 Å². The highest BCUT2D eigenvalue weighted by atomic mass is 16.5. The van der Waals surface area contributed by atoms with Gasteiger partial charge in [-0.05, 0) is 42.4 Å². The summed E-state index contributed by atoms with van der Waals surface area (Å²) < 4.78 is 10.5. The predicted molar refractivity (Wildman–Crippen MR) is 87.2 cm³/mol. The number of methoxy groups -OCH3 is 2. The van der Waals surface area contributed by atoms with Crippen LogP contribution in [-0.2, 0) is 16.0 Å². The molecule has 1 aromatic rings. The third kappa shape index (κ3) is 3.32. The standard InChI is InChI=1S/C18H23NO5/c1-23-15-6-3-11(7-16(15)24-2)8-17(20)19-9-13(12-4-5-12)14(10-19)18(21)22/h3,6-7,12-14H,4-5,8-10H2,1-2H3,(H,21,22)/t13-,14+/m1/s1. The maximum Gasteiger partial charge on any atom is 0.308 e. The fraction of sp³-hybridized carbons (Fsp3) is 0.556. The quantitative estimate of drug-likeness (QED) is 0.859. The van der Waals surface area contributed by atoms with Gasteiger partial charge in [0.25, 0.3) is 0 Å². The molecule has 1 saturated carbocycles. The number of carboxylic acids is 1. The lowest BCUT2D eigenvalue weighted by atomic mass is 9.92. The van der Waals surface area contributed by atoms with Crippen molar-refractivity contribution in [2.75, 3.05) is 27.3 Å². The van der Waals surface area contributed by atoms with Gasteiger partial charge in [0.05, 0.1) is 26.6 Å². The van der Waals surface area contributed by atoms with Crippen LogP contribution in [0.5, 0.6) is 11.5 Å². The van der Waals surface area contributed by atoms with Crippen LogP contribution in [-0.4, -0.2) is 49.2 Å². The monoisotopic (exact) mass is 333 g/mol. The molecule has 0 unspecified atom stereocenters. The van der Waals surface area contributed by atoms with Gasteiger partial charge in [-0.25, -0.2) is 0 Å². The van der Waals surface area contributed by atoms with Crippen LogP contribution in [0.1, 0.15) is 18.4 Å². The Morgan fingerprint density at radius 2 is 1.88 bits per heavy atom. The van der Waals surface area contributed by atoms with Gasteiger partial charge in [0, 0.05) is 13.1 Å². The maximum atomic E-state index is 12.6. The molecule has 6 nitrogen and oxygen atoms in total. The van der Waals surface area contributed by atoms with Gasteiger partial charge in [-0.2, -0.15) is 0 Å². The van der Waals surface area contributed by atoms with Crippen molar-refractivity contribution >= 4 is 11.9 Å². The molecule has 0 spiro atoms. The fourth-order valence-electron chi connectivity index (χ4n) is 3.57. The molecular weight excluding hydrogens is 310 g/mol. The van der Waals surface area contributed by atoms with Crippen molar-refractivity contribution in [3.8, 4) is 11.5 Å². The van der Waals surface area contributed by atoms with Gasteiger partial charge in [0.2, 0.25) is 5.91 Å². The Labute approximate surface area is 141 Å². The minimum atomic E-state index is -0.784. The van der Waals surface area contributed by atoms with Gasteiger partial charge >= 0.3 is 5.97 Å². The second kappa shape index (κ2) is 6.71. The van der Waals surface area contributed by atoms with Gasteiger partial charge in [-0.1, -0.05) is 6.07 Å². The first kappa shape index (κ1) is 16.6. The normalized spacial score (nSPS) is 23.2. The van der Waals surface area contributed by atoms with Gasteiger partial charge in [-0.15, -0.1) is 0 Å². The summed E-state index contributed by atoms with van der Waals surface area (Å²) in [5, 5.41) is 9.41. The zero-order chi connectivity index (χ0) is 17.3. The molecule has 1 aliphatic carbocycles. The smallest absolute Gasteiger partial charge is 0.308 e. The van der Waals surface area contributed by atoms with Crippen LogP contribution in [0.3, 0.4) is 0 Å². The van der Waals surface area contributed by atoms with Gasteiger partial charge in [0.1, 0.15) is 0 Å². The molecular formula is C18H23NO5. The van der Waals surface area contributed by atoms with Crippen molar-refractivity contribution in [1.29, 1.82) is 0 Å². The summed E-state index contributed by atoms with van der Waals surface area (Å²) in [4.78, 5) is 25.7. The van der Waals surface area contributed by atoms with Crippen molar-refractivity contribution in [3.63, 3.8) is 0 Å². The van der Waals surface area contributed by atoms with E-state index in [9.17, 15) is 14.7 Å². The topological polar surface area (TPSA) is 76.1 Å². The third-order valence-electron chi connectivity index (χ3n) is 5.07. The summed E-state index contributed by atoms with van der Waals surface area (Å²) in [6.45, 7) is 0.885. The number of rotatable bonds is 6. The van der Waals surface area contributed by atoms with E-state index in [4.69, 9.17) is 9.47 Å². The Morgan fingerprint density at radius 1 is 1.17 bits per heavy atom. The van der Waals surface area contributed by atoms with Gasteiger partial charge in [-0.3, -0.25) is 9.59 Å². The van der Waals surface area contributed by atoms with E-state index in [0.29, 0.717) is 30.5 Å². The van der Waals surface area contributed by atoms with E-state index < -0.39 is 11.9 Å². The Hall–Kier alpha value is -2.24. The third-order valence-corrected chi connectivity index (χ3v) is 5.07. The fourth-order valence-corrected chi connectivity index (χ4v) is 3.57. The molecule has 3 rings (SSSR count). The number of carboxylic acid groups (broad SMARTS) is 1. The number of carbonyl (C=O) groups is 2. The summed E-state index contributed by atoms with van der Waals surface area (Å²) in [5.74, 6) is 0.553. The van der Waals surface area contributed by atoms with Gasteiger partial charge in [0.15, 0.2) is 11.5 Å². The largest absolute Gasteiger partial charge is 0.493 e. The highest BCUT2D eigenvalue weighted by molar-refractivity contribution is 5.81. The highest BCUT2D eigenvalue weighted by Crippen LogP contribution is 2.44. The molecule has 2 aliphatic rings. The zero-order valence-electron chi connectivity index (χ0n) is 14.0. The summed E-state index contributed by atoms with van der Waals surface area (Å²) in [6.07, 6.45) is 2.42. The Morgan fingerprint density at radius 3 is 2.46 bits per heavy atom. The average molecular weight is 333 g/mol. The summed E-state index contributed by atoms with van der Waals surface area (Å²) in [7, 11) is 3.12. The SMILES string of the molecule is COc1ccc(CC(=O)N2C[C@H](C(=O)O)[C@@H](C3CC3)C2)cc1OC. The summed E-state index contributed by atoms with van der Waals surface area (Å²) in [5.41, 5.74) is 0.833. The van der Waals surface area contributed by atoms with Crippen LogP contribution in [0, 0.1) is 17.8 Å². The van der Waals surface area contributed by atoms with Crippen molar-refractivity contribution in [2.24, 2.45) is 17.8 Å². The van der Waals surface area contributed by atoms with Crippen molar-refractivity contribution in [3.05, 3.63) is 23.8 Å². The predicted octanol–water partition coefficient (Wildman–Crippen LogP) is 1.82. The van der Waals surface area contributed by atoms with E-state index in [-0.39, 0.29) is 18.2 Å². The number of ether oxygens (including phenoxy) is 2. The molecule has 2 fully saturated rings. The number of benzene rings is 1. The lowest BCUT2D eigenvalue weighted by molar-refractivity contribution is -0.142. The first-order chi connectivity index (χ1) is 11.5.